The Morgan fingerprint density at radius 2 is 2.12 bits per heavy atom. The van der Waals surface area contributed by atoms with Gasteiger partial charge < -0.3 is 9.30 Å². The first kappa shape index (κ1) is 17.5. The lowest BCUT2D eigenvalue weighted by Crippen LogP contribution is -2.47. The van der Waals surface area contributed by atoms with Gasteiger partial charge in [0.15, 0.2) is 0 Å². The van der Waals surface area contributed by atoms with Crippen LogP contribution in [0.5, 0.6) is 0 Å². The maximum atomic E-state index is 13.0. The summed E-state index contributed by atoms with van der Waals surface area (Å²) in [6, 6.07) is 6.07. The largest absolute Gasteiger partial charge is 0.334 e. The van der Waals surface area contributed by atoms with Crippen molar-refractivity contribution < 1.29 is 9.18 Å². The van der Waals surface area contributed by atoms with E-state index in [1.54, 1.807) is 0 Å². The zero-order chi connectivity index (χ0) is 18.1. The average Bonchev–Trinajstić information content (AvgIpc) is 3.02. The van der Waals surface area contributed by atoms with Crippen molar-refractivity contribution >= 4 is 11.6 Å². The molecule has 4 heterocycles. The summed E-state index contributed by atoms with van der Waals surface area (Å²) >= 11 is 0. The molecule has 0 radical (unpaired) electrons. The van der Waals surface area contributed by atoms with Crippen LogP contribution in [0.2, 0.25) is 0 Å². The lowest BCUT2D eigenvalue weighted by molar-refractivity contribution is -0.131. The molecule has 2 saturated heterocycles. The van der Waals surface area contributed by atoms with E-state index in [9.17, 15) is 9.18 Å². The Kier molecular flexibility index (Phi) is 4.69. The number of aromatic nitrogens is 2. The fourth-order valence-electron chi connectivity index (χ4n) is 4.76. The van der Waals surface area contributed by atoms with Crippen LogP contribution in [0.3, 0.4) is 0 Å². The summed E-state index contributed by atoms with van der Waals surface area (Å²) in [5.74, 6) is 0.132. The van der Waals surface area contributed by atoms with E-state index in [4.69, 9.17) is 4.98 Å². The Morgan fingerprint density at radius 1 is 1.23 bits per heavy atom. The summed E-state index contributed by atoms with van der Waals surface area (Å²) < 4.78 is 15.1. The summed E-state index contributed by atoms with van der Waals surface area (Å²) in [6.07, 6.45) is 6.48. The van der Waals surface area contributed by atoms with Crippen LogP contribution in [0.15, 0.2) is 24.4 Å². The number of alkyl halides is 1. The maximum absolute atomic E-state index is 13.0. The van der Waals surface area contributed by atoms with Crippen LogP contribution in [0, 0.1) is 6.92 Å². The summed E-state index contributed by atoms with van der Waals surface area (Å²) in [4.78, 5) is 21.3. The first-order valence-electron chi connectivity index (χ1n) is 9.64. The highest BCUT2D eigenvalue weighted by molar-refractivity contribution is 5.79. The predicted molar refractivity (Wildman–Crippen MR) is 98.7 cm³/mol. The minimum atomic E-state index is -0.447. The number of rotatable bonds is 4. The zero-order valence-electron chi connectivity index (χ0n) is 15.5. The number of hydrogen-bond acceptors (Lipinski definition) is 3. The van der Waals surface area contributed by atoms with Crippen LogP contribution >= 0.6 is 0 Å². The van der Waals surface area contributed by atoms with Crippen molar-refractivity contribution in [1.82, 2.24) is 19.2 Å². The van der Waals surface area contributed by atoms with Crippen molar-refractivity contribution in [2.75, 3.05) is 26.3 Å². The number of halogens is 1. The number of carbonyl (C=O) groups is 1. The first-order valence-corrected chi connectivity index (χ1v) is 9.64. The highest BCUT2D eigenvalue weighted by Crippen LogP contribution is 2.39. The van der Waals surface area contributed by atoms with E-state index in [1.807, 2.05) is 23.1 Å². The number of nitrogens with zero attached hydrogens (tertiary/aromatic N) is 4. The first-order chi connectivity index (χ1) is 12.6. The molecular weight excluding hydrogens is 331 g/mol. The standard InChI is InChI=1S/C20H27FN4O/c1-16-17(22-18-5-2-3-12-24(16)18)15-23-11-4-7-20(9-13-23)8-6-19(26)25(20)14-10-21/h2-3,5,12H,4,6-11,13-15H2,1H3/t20-/m0/s1. The van der Waals surface area contributed by atoms with Crippen LogP contribution in [0.4, 0.5) is 4.39 Å². The van der Waals surface area contributed by atoms with Gasteiger partial charge in [0, 0.05) is 43.5 Å². The molecule has 4 rings (SSSR count). The molecule has 2 aromatic rings. The molecule has 26 heavy (non-hydrogen) atoms. The normalized spacial score (nSPS) is 24.7. The van der Waals surface area contributed by atoms with Crippen LogP contribution in [0.25, 0.3) is 5.65 Å². The number of hydrogen-bond donors (Lipinski definition) is 0. The number of amides is 1. The van der Waals surface area contributed by atoms with Gasteiger partial charge in [-0.15, -0.1) is 0 Å². The smallest absolute Gasteiger partial charge is 0.223 e. The second-order valence-corrected chi connectivity index (χ2v) is 7.66. The minimum Gasteiger partial charge on any atom is -0.334 e. The van der Waals surface area contributed by atoms with E-state index in [1.165, 1.54) is 5.69 Å². The second kappa shape index (κ2) is 6.99. The number of pyridine rings is 1. The fraction of sp³-hybridized carbons (Fsp3) is 0.600. The Morgan fingerprint density at radius 3 is 2.92 bits per heavy atom. The third-order valence-electron chi connectivity index (χ3n) is 6.24. The number of imidazole rings is 1. The molecule has 2 aliphatic rings. The molecule has 0 N–H and O–H groups in total. The highest BCUT2D eigenvalue weighted by atomic mass is 19.1. The van der Waals surface area contributed by atoms with Crippen molar-refractivity contribution in [3.05, 3.63) is 35.8 Å². The Balaban J connectivity index is 1.48. The molecule has 0 aliphatic carbocycles. The van der Waals surface area contributed by atoms with E-state index >= 15 is 0 Å². The lowest BCUT2D eigenvalue weighted by Gasteiger charge is -2.37. The van der Waals surface area contributed by atoms with Crippen LogP contribution in [0.1, 0.15) is 43.5 Å². The van der Waals surface area contributed by atoms with Gasteiger partial charge in [0.25, 0.3) is 0 Å². The molecule has 2 aliphatic heterocycles. The second-order valence-electron chi connectivity index (χ2n) is 7.66. The molecule has 6 heteroatoms. The van der Waals surface area contributed by atoms with Gasteiger partial charge in [-0.3, -0.25) is 9.69 Å². The monoisotopic (exact) mass is 358 g/mol. The third-order valence-corrected chi connectivity index (χ3v) is 6.24. The Hall–Kier alpha value is -1.95. The van der Waals surface area contributed by atoms with Crippen molar-refractivity contribution in [3.63, 3.8) is 0 Å². The van der Waals surface area contributed by atoms with E-state index in [0.29, 0.717) is 6.42 Å². The summed E-state index contributed by atoms with van der Waals surface area (Å²) in [5.41, 5.74) is 3.18. The van der Waals surface area contributed by atoms with Gasteiger partial charge in [-0.05, 0) is 51.3 Å². The van der Waals surface area contributed by atoms with Gasteiger partial charge in [0.2, 0.25) is 5.91 Å². The molecular formula is C20H27FN4O. The summed E-state index contributed by atoms with van der Waals surface area (Å²) in [6.45, 7) is 4.70. The van der Waals surface area contributed by atoms with Crippen LogP contribution in [-0.2, 0) is 11.3 Å². The van der Waals surface area contributed by atoms with Gasteiger partial charge in [0.1, 0.15) is 12.3 Å². The zero-order valence-corrected chi connectivity index (χ0v) is 15.5. The Bertz CT molecular complexity index is 804. The molecule has 2 aromatic heterocycles. The van der Waals surface area contributed by atoms with Gasteiger partial charge in [-0.2, -0.15) is 0 Å². The molecule has 0 bridgehead atoms. The number of carbonyl (C=O) groups excluding carboxylic acids is 1. The minimum absolute atomic E-state index is 0.119. The average molecular weight is 358 g/mol. The van der Waals surface area contributed by atoms with Gasteiger partial charge in [0.05, 0.1) is 5.69 Å². The van der Waals surface area contributed by atoms with Crippen molar-refractivity contribution in [2.45, 2.75) is 51.1 Å². The Labute approximate surface area is 153 Å². The fourth-order valence-corrected chi connectivity index (χ4v) is 4.76. The molecule has 140 valence electrons. The van der Waals surface area contributed by atoms with Crippen molar-refractivity contribution in [3.8, 4) is 0 Å². The van der Waals surface area contributed by atoms with Gasteiger partial charge in [-0.1, -0.05) is 6.07 Å². The lowest BCUT2D eigenvalue weighted by atomic mass is 9.88. The maximum Gasteiger partial charge on any atom is 0.223 e. The van der Waals surface area contributed by atoms with Crippen LogP contribution in [-0.4, -0.2) is 56.9 Å². The van der Waals surface area contributed by atoms with E-state index in [2.05, 4.69) is 22.4 Å². The highest BCUT2D eigenvalue weighted by Gasteiger charge is 2.45. The molecule has 0 saturated carbocycles. The molecule has 1 atom stereocenters. The SMILES string of the molecule is Cc1c(CN2CCC[C@]3(CCC(=O)N3CCF)CC2)nc2ccccn12. The summed E-state index contributed by atoms with van der Waals surface area (Å²) in [5, 5.41) is 0. The topological polar surface area (TPSA) is 40.9 Å². The predicted octanol–water partition coefficient (Wildman–Crippen LogP) is 2.96. The molecule has 5 nitrogen and oxygen atoms in total. The van der Waals surface area contributed by atoms with Crippen molar-refractivity contribution in [2.24, 2.45) is 0 Å². The quantitative estimate of drug-likeness (QED) is 0.844. The number of likely N-dealkylation sites (tertiary alicyclic amines) is 2. The summed E-state index contributed by atoms with van der Waals surface area (Å²) in [7, 11) is 0. The van der Waals surface area contributed by atoms with Crippen molar-refractivity contribution in [1.29, 1.82) is 0 Å². The van der Waals surface area contributed by atoms with Crippen LogP contribution < -0.4 is 0 Å². The molecule has 1 spiro atoms. The van der Waals surface area contributed by atoms with E-state index in [0.717, 1.165) is 56.7 Å². The molecule has 0 unspecified atom stereocenters. The number of aryl methyl sites for hydroxylation is 1. The van der Waals surface area contributed by atoms with Gasteiger partial charge >= 0.3 is 0 Å². The van der Waals surface area contributed by atoms with Gasteiger partial charge in [-0.25, -0.2) is 9.37 Å². The molecule has 1 amide bonds. The molecule has 2 fully saturated rings. The molecule has 0 aromatic carbocycles. The van der Waals surface area contributed by atoms with E-state index in [-0.39, 0.29) is 18.0 Å². The number of fused-ring (bicyclic) bond motifs is 1. The third kappa shape index (κ3) is 3.00. The van der Waals surface area contributed by atoms with E-state index < -0.39 is 6.67 Å².